The summed E-state index contributed by atoms with van der Waals surface area (Å²) in [5.74, 6) is -1.54. The van der Waals surface area contributed by atoms with E-state index < -0.39 is 17.5 Å². The van der Waals surface area contributed by atoms with E-state index >= 15 is 0 Å². The molecular formula is C31H33ClF2N2O3S. The Kier molecular flexibility index (Phi) is 9.64. The van der Waals surface area contributed by atoms with Crippen LogP contribution in [0.5, 0.6) is 5.75 Å². The van der Waals surface area contributed by atoms with Crippen LogP contribution in [0.3, 0.4) is 0 Å². The Morgan fingerprint density at radius 1 is 1.15 bits per heavy atom. The van der Waals surface area contributed by atoms with E-state index in [4.69, 9.17) is 22.1 Å². The number of rotatable bonds is 9. The number of carbonyl (C=O) groups excluding carboxylic acids is 2. The summed E-state index contributed by atoms with van der Waals surface area (Å²) in [4.78, 5) is 27.7. The van der Waals surface area contributed by atoms with Crippen molar-refractivity contribution in [3.8, 4) is 5.75 Å². The molecule has 2 amide bonds. The van der Waals surface area contributed by atoms with Gasteiger partial charge in [-0.3, -0.25) is 9.59 Å². The second kappa shape index (κ2) is 13.0. The smallest absolute Gasteiger partial charge is 0.266 e. The Hall–Kier alpha value is -3.23. The largest absolute Gasteiger partial charge is 0.496 e. The average molecular weight is 587 g/mol. The Bertz CT molecular complexity index is 1490. The van der Waals surface area contributed by atoms with Gasteiger partial charge in [-0.25, -0.2) is 8.78 Å². The second-order valence-corrected chi connectivity index (χ2v) is 11.4. The van der Waals surface area contributed by atoms with Gasteiger partial charge in [0.05, 0.1) is 22.2 Å². The highest BCUT2D eigenvalue weighted by atomic mass is 35.5. The van der Waals surface area contributed by atoms with Gasteiger partial charge in [-0.1, -0.05) is 49.9 Å². The van der Waals surface area contributed by atoms with Crippen LogP contribution in [0.4, 0.5) is 8.78 Å². The molecule has 5 nitrogen and oxygen atoms in total. The van der Waals surface area contributed by atoms with E-state index in [2.05, 4.69) is 0 Å². The zero-order valence-corrected chi connectivity index (χ0v) is 24.4. The summed E-state index contributed by atoms with van der Waals surface area (Å²) in [7, 11) is 1.57. The molecule has 1 aromatic heterocycles. The highest BCUT2D eigenvalue weighted by Gasteiger charge is 2.31. The molecule has 1 saturated carbocycles. The molecular weight excluding hydrogens is 554 g/mol. The predicted molar refractivity (Wildman–Crippen MR) is 158 cm³/mol. The quantitative estimate of drug-likeness (QED) is 0.204. The van der Waals surface area contributed by atoms with E-state index in [1.54, 1.807) is 25.0 Å². The van der Waals surface area contributed by atoms with Crippen molar-refractivity contribution in [2.24, 2.45) is 5.73 Å². The number of halogens is 3. The van der Waals surface area contributed by atoms with Gasteiger partial charge in [-0.15, -0.1) is 11.3 Å². The van der Waals surface area contributed by atoms with Gasteiger partial charge in [0.2, 0.25) is 5.91 Å². The lowest BCUT2D eigenvalue weighted by atomic mass is 9.93. The van der Waals surface area contributed by atoms with Crippen LogP contribution >= 0.6 is 22.9 Å². The first-order valence-corrected chi connectivity index (χ1v) is 14.6. The van der Waals surface area contributed by atoms with Crippen molar-refractivity contribution in [1.29, 1.82) is 0 Å². The molecule has 4 rings (SSSR count). The molecule has 0 radical (unpaired) electrons. The van der Waals surface area contributed by atoms with Gasteiger partial charge in [0.1, 0.15) is 22.3 Å². The number of carbonyl (C=O) groups is 2. The monoisotopic (exact) mass is 586 g/mol. The number of nitrogens with zero attached hydrogens (tertiary/aromatic N) is 1. The van der Waals surface area contributed by atoms with Crippen LogP contribution in [-0.4, -0.2) is 29.9 Å². The van der Waals surface area contributed by atoms with Crippen molar-refractivity contribution >= 4 is 50.4 Å². The summed E-state index contributed by atoms with van der Waals surface area (Å²) in [5, 5.41) is -0.132. The SMILES string of the molecule is CC/C=C(\C=C(/C)C(N)=O)c1ccc(OC)c(CN(C(=O)c2sc3c(F)ccc(F)c3c2Cl)C2CCCCC2)c1. The molecule has 212 valence electrons. The zero-order valence-electron chi connectivity index (χ0n) is 22.9. The first-order valence-electron chi connectivity index (χ1n) is 13.4. The topological polar surface area (TPSA) is 72.6 Å². The fourth-order valence-corrected chi connectivity index (χ4v) is 6.68. The molecule has 2 aromatic carbocycles. The molecule has 2 N–H and O–H groups in total. The van der Waals surface area contributed by atoms with Gasteiger partial charge in [0, 0.05) is 23.7 Å². The van der Waals surface area contributed by atoms with Gasteiger partial charge in [0.25, 0.3) is 5.91 Å². The Labute approximate surface area is 242 Å². The van der Waals surface area contributed by atoms with E-state index in [9.17, 15) is 18.4 Å². The van der Waals surface area contributed by atoms with Crippen molar-refractivity contribution in [2.75, 3.05) is 7.11 Å². The third-order valence-corrected chi connectivity index (χ3v) is 8.97. The molecule has 1 aliphatic rings. The number of fused-ring (bicyclic) bond motifs is 1. The summed E-state index contributed by atoms with van der Waals surface area (Å²) in [6.45, 7) is 3.88. The number of hydrogen-bond donors (Lipinski definition) is 1. The molecule has 0 saturated heterocycles. The standard InChI is InChI=1S/C31H33ClF2N2O3S/c1-4-8-19(15-18(2)30(35)37)20-11-14-25(39-3)21(16-20)17-36(22-9-6-5-7-10-22)31(38)29-27(32)26-23(33)12-13-24(34)28(26)40-29/h8,11-16,22H,4-7,9-10,17H2,1-3H3,(H2,35,37)/b18-15+,19-8+. The van der Waals surface area contributed by atoms with Crippen molar-refractivity contribution in [3.05, 3.63) is 80.7 Å². The molecule has 0 spiro atoms. The number of ether oxygens (including phenoxy) is 1. The number of benzene rings is 2. The first kappa shape index (κ1) is 29.7. The van der Waals surface area contributed by atoms with Gasteiger partial charge in [-0.2, -0.15) is 0 Å². The average Bonchev–Trinajstić information content (AvgIpc) is 3.31. The molecule has 9 heteroatoms. The number of methoxy groups -OCH3 is 1. The highest BCUT2D eigenvalue weighted by molar-refractivity contribution is 7.21. The lowest BCUT2D eigenvalue weighted by Gasteiger charge is -2.34. The fourth-order valence-electron chi connectivity index (χ4n) is 5.17. The fraction of sp³-hybridized carbons (Fsp3) is 0.355. The number of amides is 2. The summed E-state index contributed by atoms with van der Waals surface area (Å²) in [5.41, 5.74) is 8.34. The maximum absolute atomic E-state index is 14.6. The number of primary amides is 1. The van der Waals surface area contributed by atoms with E-state index in [1.165, 1.54) is 0 Å². The van der Waals surface area contributed by atoms with Gasteiger partial charge in [0.15, 0.2) is 0 Å². The van der Waals surface area contributed by atoms with Crippen LogP contribution in [0.1, 0.15) is 73.2 Å². The van der Waals surface area contributed by atoms with Crippen molar-refractivity contribution in [2.45, 2.75) is 65.0 Å². The van der Waals surface area contributed by atoms with Crippen molar-refractivity contribution in [3.63, 3.8) is 0 Å². The van der Waals surface area contributed by atoms with Crippen molar-refractivity contribution in [1.82, 2.24) is 4.90 Å². The van der Waals surface area contributed by atoms with Gasteiger partial charge < -0.3 is 15.4 Å². The molecule has 0 atom stereocenters. The van der Waals surface area contributed by atoms with E-state index in [1.807, 2.05) is 31.2 Å². The molecule has 3 aromatic rings. The van der Waals surface area contributed by atoms with E-state index in [-0.39, 0.29) is 38.5 Å². The van der Waals surface area contributed by atoms with E-state index in [0.29, 0.717) is 11.3 Å². The molecule has 1 heterocycles. The molecule has 40 heavy (non-hydrogen) atoms. The summed E-state index contributed by atoms with van der Waals surface area (Å²) >= 11 is 7.41. The van der Waals surface area contributed by atoms with Crippen LogP contribution in [0, 0.1) is 11.6 Å². The van der Waals surface area contributed by atoms with Crippen LogP contribution in [0.25, 0.3) is 15.7 Å². The normalized spacial score (nSPS) is 14.9. The van der Waals surface area contributed by atoms with Crippen LogP contribution in [0.15, 0.2) is 48.1 Å². The Morgan fingerprint density at radius 3 is 2.48 bits per heavy atom. The third kappa shape index (κ3) is 6.23. The molecule has 1 fully saturated rings. The minimum Gasteiger partial charge on any atom is -0.496 e. The zero-order chi connectivity index (χ0) is 29.0. The predicted octanol–water partition coefficient (Wildman–Crippen LogP) is 8.04. The highest BCUT2D eigenvalue weighted by Crippen LogP contribution is 2.40. The van der Waals surface area contributed by atoms with Crippen molar-refractivity contribution < 1.29 is 23.1 Å². The van der Waals surface area contributed by atoms with Gasteiger partial charge >= 0.3 is 0 Å². The summed E-state index contributed by atoms with van der Waals surface area (Å²) in [6, 6.07) is 7.69. The van der Waals surface area contributed by atoms with Crippen LogP contribution in [0.2, 0.25) is 5.02 Å². The number of thiophene rings is 1. The number of allylic oxidation sites excluding steroid dienone is 3. The summed E-state index contributed by atoms with van der Waals surface area (Å²) < 4.78 is 34.9. The lowest BCUT2D eigenvalue weighted by molar-refractivity contribution is -0.114. The minimum atomic E-state index is -0.662. The maximum Gasteiger partial charge on any atom is 0.266 e. The Morgan fingerprint density at radius 2 is 1.85 bits per heavy atom. The minimum absolute atomic E-state index is 0.0301. The Balaban J connectivity index is 1.79. The second-order valence-electron chi connectivity index (χ2n) is 9.99. The summed E-state index contributed by atoms with van der Waals surface area (Å²) in [6.07, 6.45) is 9.19. The molecule has 1 aliphatic carbocycles. The third-order valence-electron chi connectivity index (χ3n) is 7.29. The molecule has 0 bridgehead atoms. The number of hydrogen-bond acceptors (Lipinski definition) is 4. The lowest BCUT2D eigenvalue weighted by Crippen LogP contribution is -2.40. The van der Waals surface area contributed by atoms with Crippen LogP contribution in [-0.2, 0) is 11.3 Å². The molecule has 0 unspecified atom stereocenters. The van der Waals surface area contributed by atoms with Crippen LogP contribution < -0.4 is 10.5 Å². The number of nitrogens with two attached hydrogens (primary N) is 1. The maximum atomic E-state index is 14.6. The van der Waals surface area contributed by atoms with E-state index in [0.717, 1.165) is 78.7 Å². The molecule has 0 aliphatic heterocycles. The van der Waals surface area contributed by atoms with Gasteiger partial charge in [-0.05, 0) is 67.7 Å². The first-order chi connectivity index (χ1) is 19.2.